The molecule has 0 atom stereocenters. The molecule has 8 aromatic carbocycles. The Bertz CT molecular complexity index is 2710. The lowest BCUT2D eigenvalue weighted by Gasteiger charge is -2.12. The van der Waals surface area contributed by atoms with Gasteiger partial charge >= 0.3 is 0 Å². The molecule has 6 heteroatoms. The average Bonchev–Trinajstić information content (AvgIpc) is 3.97. The third-order valence-corrected chi connectivity index (χ3v) is 10.5. The topological polar surface area (TPSA) is 61.4 Å². The zero-order valence-electron chi connectivity index (χ0n) is 31.5. The Labute approximate surface area is 337 Å². The Morgan fingerprint density at radius 1 is 0.190 bits per heavy atom. The minimum atomic E-state index is 0.779. The summed E-state index contributed by atoms with van der Waals surface area (Å²) in [6, 6.07) is 75.5. The highest BCUT2D eigenvalue weighted by atomic mass is 15.3. The summed E-state index contributed by atoms with van der Waals surface area (Å²) in [6.07, 6.45) is 0. The highest BCUT2D eigenvalue weighted by Gasteiger charge is 2.19. The summed E-state index contributed by atoms with van der Waals surface area (Å²) in [5, 5.41) is 18.9. The largest absolute Gasteiger partial charge is 0.275 e. The van der Waals surface area contributed by atoms with Crippen LogP contribution in [0, 0.1) is 0 Å². The molecule has 0 spiro atoms. The fourth-order valence-electron chi connectivity index (χ4n) is 7.47. The first kappa shape index (κ1) is 34.5. The second-order valence-corrected chi connectivity index (χ2v) is 14.1. The van der Waals surface area contributed by atoms with Crippen molar-refractivity contribution in [2.45, 2.75) is 0 Å². The highest BCUT2D eigenvalue weighted by Crippen LogP contribution is 2.34. The first-order valence-corrected chi connectivity index (χ1v) is 19.3. The van der Waals surface area contributed by atoms with Gasteiger partial charge < -0.3 is 0 Å². The first-order chi connectivity index (χ1) is 28.8. The van der Waals surface area contributed by atoms with Gasteiger partial charge in [-0.05, 0) is 57.6 Å². The third kappa shape index (κ3) is 6.69. The molecule has 0 bridgehead atoms. The van der Waals surface area contributed by atoms with E-state index in [1.165, 1.54) is 11.1 Å². The third-order valence-electron chi connectivity index (χ3n) is 10.5. The van der Waals surface area contributed by atoms with Gasteiger partial charge in [0.1, 0.15) is 0 Å². The Hall–Kier alpha value is -7.96. The van der Waals surface area contributed by atoms with Crippen LogP contribution < -0.4 is 0 Å². The lowest BCUT2D eigenvalue weighted by Crippen LogP contribution is -2.00. The molecule has 0 aliphatic carbocycles. The Balaban J connectivity index is 0.948. The smallest absolute Gasteiger partial charge is 0.168 e. The number of hydrogen-bond donors (Lipinski definition) is 0. The Morgan fingerprint density at radius 3 is 0.621 bits per heavy atom. The zero-order chi connectivity index (χ0) is 38.7. The number of benzene rings is 8. The second kappa shape index (κ2) is 15.3. The minimum Gasteiger partial charge on any atom is -0.275 e. The molecule has 0 unspecified atom stereocenters. The molecule has 0 saturated carbocycles. The van der Waals surface area contributed by atoms with Crippen molar-refractivity contribution in [2.24, 2.45) is 0 Å². The molecule has 0 N–H and O–H groups in total. The molecule has 0 saturated heterocycles. The summed E-state index contributed by atoms with van der Waals surface area (Å²) in [5.74, 6) is 3.13. The SMILES string of the molecule is c1ccc(-c2ccc(-c3nnc(-c4ccc(-c5ccc(-c6nnc(-c7ccc(-c8ccccc8)cc7)n6-c6ccccc6)cc5)cc4)n3-c3ccccc3)cc2)cc1. The van der Waals surface area contributed by atoms with E-state index < -0.39 is 0 Å². The van der Waals surface area contributed by atoms with Gasteiger partial charge in [0.2, 0.25) is 0 Å². The lowest BCUT2D eigenvalue weighted by atomic mass is 10.0. The molecule has 10 rings (SSSR count). The summed E-state index contributed by atoms with van der Waals surface area (Å²) in [7, 11) is 0. The quantitative estimate of drug-likeness (QED) is 0.148. The summed E-state index contributed by atoms with van der Waals surface area (Å²) in [4.78, 5) is 0. The summed E-state index contributed by atoms with van der Waals surface area (Å²) in [5.41, 5.74) is 12.8. The van der Waals surface area contributed by atoms with Crippen LogP contribution in [0.25, 0.3) is 90.3 Å². The number of para-hydroxylation sites is 2. The minimum absolute atomic E-state index is 0.779. The van der Waals surface area contributed by atoms with Gasteiger partial charge in [-0.1, -0.05) is 194 Å². The van der Waals surface area contributed by atoms with Crippen LogP contribution in [-0.2, 0) is 0 Å². The molecule has 0 amide bonds. The molecule has 6 nitrogen and oxygen atoms in total. The highest BCUT2D eigenvalue weighted by molar-refractivity contribution is 5.75. The lowest BCUT2D eigenvalue weighted by molar-refractivity contribution is 1.07. The van der Waals surface area contributed by atoms with E-state index >= 15 is 0 Å². The van der Waals surface area contributed by atoms with Crippen molar-refractivity contribution in [3.63, 3.8) is 0 Å². The van der Waals surface area contributed by atoms with E-state index in [0.717, 1.165) is 79.2 Å². The number of rotatable bonds is 9. The Kier molecular flexibility index (Phi) is 9.10. The van der Waals surface area contributed by atoms with Crippen LogP contribution in [0.2, 0.25) is 0 Å². The van der Waals surface area contributed by atoms with Gasteiger partial charge in [-0.15, -0.1) is 20.4 Å². The van der Waals surface area contributed by atoms with E-state index in [0.29, 0.717) is 0 Å². The van der Waals surface area contributed by atoms with Crippen LogP contribution in [0.1, 0.15) is 0 Å². The fraction of sp³-hybridized carbons (Fsp3) is 0. The maximum absolute atomic E-state index is 4.74. The molecule has 274 valence electrons. The standard InChI is InChI=1S/C52H36N6/c1-5-13-37(14-6-1)39-21-29-43(30-22-39)49-53-55-51(57(49)47-17-9-3-10-18-47)45-33-25-41(26-34-45)42-27-35-46(36-28-42)52-56-54-50(58(52)48-19-11-4-12-20-48)44-31-23-40(24-32-44)38-15-7-2-8-16-38/h1-36H. The average molecular weight is 745 g/mol. The number of hydrogen-bond acceptors (Lipinski definition) is 4. The summed E-state index contributed by atoms with van der Waals surface area (Å²) < 4.78 is 4.27. The van der Waals surface area contributed by atoms with Crippen molar-refractivity contribution in [1.29, 1.82) is 0 Å². The maximum atomic E-state index is 4.74. The van der Waals surface area contributed by atoms with Crippen molar-refractivity contribution >= 4 is 0 Å². The maximum Gasteiger partial charge on any atom is 0.168 e. The van der Waals surface area contributed by atoms with Crippen molar-refractivity contribution in [3.05, 3.63) is 218 Å². The van der Waals surface area contributed by atoms with E-state index in [1.807, 2.05) is 48.5 Å². The van der Waals surface area contributed by atoms with Crippen molar-refractivity contribution in [3.8, 4) is 90.3 Å². The van der Waals surface area contributed by atoms with Gasteiger partial charge in [0.25, 0.3) is 0 Å². The molecule has 0 radical (unpaired) electrons. The summed E-state index contributed by atoms with van der Waals surface area (Å²) >= 11 is 0. The van der Waals surface area contributed by atoms with Gasteiger partial charge in [0.05, 0.1) is 0 Å². The Morgan fingerprint density at radius 2 is 0.379 bits per heavy atom. The monoisotopic (exact) mass is 744 g/mol. The van der Waals surface area contributed by atoms with E-state index in [9.17, 15) is 0 Å². The van der Waals surface area contributed by atoms with Crippen LogP contribution in [0.5, 0.6) is 0 Å². The van der Waals surface area contributed by atoms with Crippen LogP contribution in [0.4, 0.5) is 0 Å². The van der Waals surface area contributed by atoms with Crippen molar-refractivity contribution < 1.29 is 0 Å². The molecule has 0 fully saturated rings. The van der Waals surface area contributed by atoms with E-state index in [4.69, 9.17) is 20.4 Å². The number of nitrogens with zero attached hydrogens (tertiary/aromatic N) is 6. The van der Waals surface area contributed by atoms with Crippen LogP contribution in [0.15, 0.2) is 218 Å². The predicted molar refractivity (Wildman–Crippen MR) is 234 cm³/mol. The van der Waals surface area contributed by atoms with E-state index in [2.05, 4.69) is 179 Å². The van der Waals surface area contributed by atoms with Crippen LogP contribution >= 0.6 is 0 Å². The summed E-state index contributed by atoms with van der Waals surface area (Å²) in [6.45, 7) is 0. The zero-order valence-corrected chi connectivity index (χ0v) is 31.5. The van der Waals surface area contributed by atoms with Gasteiger partial charge in [0.15, 0.2) is 23.3 Å². The first-order valence-electron chi connectivity index (χ1n) is 19.3. The van der Waals surface area contributed by atoms with Gasteiger partial charge in [-0.25, -0.2) is 0 Å². The molecular formula is C52H36N6. The molecule has 0 aliphatic heterocycles. The molecule has 10 aromatic rings. The number of aromatic nitrogens is 6. The van der Waals surface area contributed by atoms with Gasteiger partial charge in [0, 0.05) is 33.6 Å². The van der Waals surface area contributed by atoms with Crippen LogP contribution in [0.3, 0.4) is 0 Å². The van der Waals surface area contributed by atoms with Crippen molar-refractivity contribution in [1.82, 2.24) is 29.5 Å². The molecule has 2 heterocycles. The normalized spacial score (nSPS) is 11.1. The fourth-order valence-corrected chi connectivity index (χ4v) is 7.47. The molecule has 0 aliphatic rings. The molecule has 2 aromatic heterocycles. The molecule has 58 heavy (non-hydrogen) atoms. The van der Waals surface area contributed by atoms with E-state index in [-0.39, 0.29) is 0 Å². The predicted octanol–water partition coefficient (Wildman–Crippen LogP) is 12.5. The van der Waals surface area contributed by atoms with Crippen molar-refractivity contribution in [2.75, 3.05) is 0 Å². The van der Waals surface area contributed by atoms with E-state index in [1.54, 1.807) is 0 Å². The van der Waals surface area contributed by atoms with Crippen LogP contribution in [-0.4, -0.2) is 29.5 Å². The van der Waals surface area contributed by atoms with Gasteiger partial charge in [-0.2, -0.15) is 0 Å². The molecular weight excluding hydrogens is 709 g/mol. The second-order valence-electron chi connectivity index (χ2n) is 14.1. The van der Waals surface area contributed by atoms with Gasteiger partial charge in [-0.3, -0.25) is 9.13 Å².